The van der Waals surface area contributed by atoms with Crippen molar-refractivity contribution in [3.05, 3.63) is 33.9 Å². The molecule has 0 amide bonds. The van der Waals surface area contributed by atoms with Crippen LogP contribution < -0.4 is 5.32 Å². The van der Waals surface area contributed by atoms with E-state index in [9.17, 15) is 10.1 Å². The molecule has 0 unspecified atom stereocenters. The molecule has 5 nitrogen and oxygen atoms in total. The van der Waals surface area contributed by atoms with E-state index in [1.807, 2.05) is 13.0 Å². The molecule has 1 aromatic carbocycles. The Bertz CT molecular complexity index is 444. The first-order valence-corrected chi connectivity index (χ1v) is 6.84. The number of para-hydroxylation sites is 1. The quantitative estimate of drug-likeness (QED) is 0.605. The highest BCUT2D eigenvalue weighted by molar-refractivity contribution is 5.66. The average Bonchev–Trinajstić information content (AvgIpc) is 2.34. The van der Waals surface area contributed by atoms with Gasteiger partial charge in [0.25, 0.3) is 5.69 Å². The summed E-state index contributed by atoms with van der Waals surface area (Å²) in [5, 5.41) is 14.2. The zero-order chi connectivity index (χ0) is 13.7. The lowest BCUT2D eigenvalue weighted by Crippen LogP contribution is -2.21. The van der Waals surface area contributed by atoms with Crippen LogP contribution >= 0.6 is 0 Å². The van der Waals surface area contributed by atoms with E-state index < -0.39 is 0 Å². The highest BCUT2D eigenvalue weighted by atomic mass is 16.6. The molecule has 1 aliphatic carbocycles. The summed E-state index contributed by atoms with van der Waals surface area (Å²) >= 11 is 0. The van der Waals surface area contributed by atoms with Gasteiger partial charge in [0.1, 0.15) is 5.69 Å². The van der Waals surface area contributed by atoms with Gasteiger partial charge in [-0.3, -0.25) is 10.1 Å². The van der Waals surface area contributed by atoms with Gasteiger partial charge < -0.3 is 10.1 Å². The number of nitro groups is 1. The van der Waals surface area contributed by atoms with Gasteiger partial charge in [0.15, 0.2) is 0 Å². The molecule has 0 aromatic heterocycles. The third-order valence-corrected chi connectivity index (χ3v) is 3.40. The van der Waals surface area contributed by atoms with E-state index >= 15 is 0 Å². The highest BCUT2D eigenvalue weighted by Gasteiger charge is 2.21. The Kier molecular flexibility index (Phi) is 4.74. The molecule has 0 aliphatic heterocycles. The first-order valence-electron chi connectivity index (χ1n) is 6.84. The third-order valence-electron chi connectivity index (χ3n) is 3.40. The van der Waals surface area contributed by atoms with Gasteiger partial charge in [-0.15, -0.1) is 0 Å². The van der Waals surface area contributed by atoms with Crippen molar-refractivity contribution in [1.29, 1.82) is 0 Å². The maximum atomic E-state index is 11.1. The Balaban J connectivity index is 2.13. The summed E-state index contributed by atoms with van der Waals surface area (Å²) in [4.78, 5) is 10.7. The van der Waals surface area contributed by atoms with Crippen molar-refractivity contribution in [2.45, 2.75) is 45.3 Å². The van der Waals surface area contributed by atoms with Crippen LogP contribution in [-0.2, 0) is 11.3 Å². The monoisotopic (exact) mass is 264 g/mol. The van der Waals surface area contributed by atoms with Gasteiger partial charge >= 0.3 is 0 Å². The maximum Gasteiger partial charge on any atom is 0.292 e. The van der Waals surface area contributed by atoms with Gasteiger partial charge in [-0.2, -0.15) is 0 Å². The van der Waals surface area contributed by atoms with Crippen LogP contribution in [0, 0.1) is 10.1 Å². The molecule has 0 radical (unpaired) electrons. The van der Waals surface area contributed by atoms with Crippen LogP contribution in [0.3, 0.4) is 0 Å². The van der Waals surface area contributed by atoms with E-state index in [1.54, 1.807) is 6.07 Å². The van der Waals surface area contributed by atoms with E-state index in [4.69, 9.17) is 4.74 Å². The van der Waals surface area contributed by atoms with Gasteiger partial charge in [-0.25, -0.2) is 0 Å². The Morgan fingerprint density at radius 2 is 2.26 bits per heavy atom. The number of nitrogens with one attached hydrogen (secondary N) is 1. The minimum atomic E-state index is -0.342. The standard InChI is InChI=1S/C14H20N2O3/c1-2-9-15-14-11(10-19-12-6-4-7-12)5-3-8-13(14)16(17)18/h3,5,8,12,15H,2,4,6-7,9-10H2,1H3. The number of nitrogens with zero attached hydrogens (tertiary/aromatic N) is 1. The predicted octanol–water partition coefficient (Wildman–Crippen LogP) is 3.49. The van der Waals surface area contributed by atoms with E-state index in [0.29, 0.717) is 18.4 Å². The molecule has 0 saturated heterocycles. The Hall–Kier alpha value is -1.62. The van der Waals surface area contributed by atoms with Crippen LogP contribution in [0.2, 0.25) is 0 Å². The molecule has 1 aromatic rings. The van der Waals surface area contributed by atoms with Gasteiger partial charge in [0.2, 0.25) is 0 Å². The first-order chi connectivity index (χ1) is 9.22. The van der Waals surface area contributed by atoms with Crippen molar-refractivity contribution in [3.8, 4) is 0 Å². The molecule has 19 heavy (non-hydrogen) atoms. The zero-order valence-electron chi connectivity index (χ0n) is 11.2. The Morgan fingerprint density at radius 1 is 1.47 bits per heavy atom. The molecular weight excluding hydrogens is 244 g/mol. The fraction of sp³-hybridized carbons (Fsp3) is 0.571. The summed E-state index contributed by atoms with van der Waals surface area (Å²) in [6.45, 7) is 3.20. The molecule has 1 N–H and O–H groups in total. The van der Waals surface area contributed by atoms with Gasteiger partial charge in [0, 0.05) is 18.2 Å². The highest BCUT2D eigenvalue weighted by Crippen LogP contribution is 2.30. The topological polar surface area (TPSA) is 64.4 Å². The number of hydrogen-bond donors (Lipinski definition) is 1. The smallest absolute Gasteiger partial charge is 0.292 e. The first kappa shape index (κ1) is 13.8. The number of hydrogen-bond acceptors (Lipinski definition) is 4. The molecule has 0 bridgehead atoms. The van der Waals surface area contributed by atoms with Crippen molar-refractivity contribution < 1.29 is 9.66 Å². The van der Waals surface area contributed by atoms with Crippen molar-refractivity contribution in [2.75, 3.05) is 11.9 Å². The van der Waals surface area contributed by atoms with E-state index in [0.717, 1.165) is 31.4 Å². The summed E-state index contributed by atoms with van der Waals surface area (Å²) < 4.78 is 5.76. The minimum absolute atomic E-state index is 0.128. The molecule has 0 heterocycles. The van der Waals surface area contributed by atoms with Gasteiger partial charge in [0.05, 0.1) is 17.6 Å². The molecule has 2 rings (SSSR count). The molecule has 1 fully saturated rings. The minimum Gasteiger partial charge on any atom is -0.379 e. The lowest BCUT2D eigenvalue weighted by atomic mass is 9.96. The second kappa shape index (κ2) is 6.52. The van der Waals surface area contributed by atoms with E-state index in [2.05, 4.69) is 5.32 Å². The fourth-order valence-electron chi connectivity index (χ4n) is 2.06. The summed E-state index contributed by atoms with van der Waals surface area (Å²) in [7, 11) is 0. The maximum absolute atomic E-state index is 11.1. The Morgan fingerprint density at radius 3 is 2.84 bits per heavy atom. The number of rotatable bonds is 7. The summed E-state index contributed by atoms with van der Waals surface area (Å²) in [5.41, 5.74) is 1.60. The predicted molar refractivity (Wildman–Crippen MR) is 74.3 cm³/mol. The lowest BCUT2D eigenvalue weighted by molar-refractivity contribution is -0.384. The van der Waals surface area contributed by atoms with E-state index in [-0.39, 0.29) is 10.6 Å². The summed E-state index contributed by atoms with van der Waals surface area (Å²) in [6, 6.07) is 5.14. The molecule has 5 heteroatoms. The van der Waals surface area contributed by atoms with Crippen LogP contribution in [0.15, 0.2) is 18.2 Å². The van der Waals surface area contributed by atoms with Crippen molar-refractivity contribution in [1.82, 2.24) is 0 Å². The van der Waals surface area contributed by atoms with Crippen LogP contribution in [0.1, 0.15) is 38.2 Å². The normalized spacial score (nSPS) is 15.0. The third kappa shape index (κ3) is 3.44. The summed E-state index contributed by atoms with van der Waals surface area (Å²) in [5.74, 6) is 0. The second-order valence-corrected chi connectivity index (χ2v) is 4.86. The van der Waals surface area contributed by atoms with Crippen LogP contribution in [-0.4, -0.2) is 17.6 Å². The van der Waals surface area contributed by atoms with Crippen molar-refractivity contribution in [2.24, 2.45) is 0 Å². The van der Waals surface area contributed by atoms with Crippen LogP contribution in [0.25, 0.3) is 0 Å². The van der Waals surface area contributed by atoms with Gasteiger partial charge in [-0.05, 0) is 25.7 Å². The second-order valence-electron chi connectivity index (χ2n) is 4.86. The largest absolute Gasteiger partial charge is 0.379 e. The van der Waals surface area contributed by atoms with Crippen LogP contribution in [0.4, 0.5) is 11.4 Å². The van der Waals surface area contributed by atoms with Gasteiger partial charge in [-0.1, -0.05) is 19.1 Å². The average molecular weight is 264 g/mol. The Labute approximate surface area is 113 Å². The van der Waals surface area contributed by atoms with Crippen molar-refractivity contribution >= 4 is 11.4 Å². The fourth-order valence-corrected chi connectivity index (χ4v) is 2.06. The molecule has 104 valence electrons. The van der Waals surface area contributed by atoms with E-state index in [1.165, 1.54) is 12.5 Å². The number of nitro benzene ring substituents is 1. The molecule has 0 spiro atoms. The lowest BCUT2D eigenvalue weighted by Gasteiger charge is -2.26. The zero-order valence-corrected chi connectivity index (χ0v) is 11.2. The molecule has 0 atom stereocenters. The number of anilines is 1. The molecular formula is C14H20N2O3. The van der Waals surface area contributed by atoms with Crippen LogP contribution in [0.5, 0.6) is 0 Å². The molecule has 1 aliphatic rings. The van der Waals surface area contributed by atoms with Crippen molar-refractivity contribution in [3.63, 3.8) is 0 Å². The summed E-state index contributed by atoms with van der Waals surface area (Å²) in [6.07, 6.45) is 4.69. The number of benzene rings is 1. The number of ether oxygens (including phenoxy) is 1. The SMILES string of the molecule is CCCNc1c(COC2CCC2)cccc1[N+](=O)[O-]. The molecule has 1 saturated carbocycles.